The number of carbonyl (C=O) groups excluding carboxylic acids is 1. The van der Waals surface area contributed by atoms with Gasteiger partial charge in [0.1, 0.15) is 18.0 Å². The first-order valence-corrected chi connectivity index (χ1v) is 7.42. The second-order valence-corrected chi connectivity index (χ2v) is 5.40. The number of aromatic nitrogens is 2. The van der Waals surface area contributed by atoms with Gasteiger partial charge in [-0.05, 0) is 31.9 Å². The van der Waals surface area contributed by atoms with Gasteiger partial charge in [-0.15, -0.1) is 0 Å². The Hall–Kier alpha value is -2.63. The predicted molar refractivity (Wildman–Crippen MR) is 87.3 cm³/mol. The van der Waals surface area contributed by atoms with Gasteiger partial charge in [-0.3, -0.25) is 5.32 Å². The molecule has 0 spiro atoms. The first-order chi connectivity index (χ1) is 10.7. The summed E-state index contributed by atoms with van der Waals surface area (Å²) in [6.07, 6.45) is 3.84. The van der Waals surface area contributed by atoms with E-state index in [-0.39, 0.29) is 6.03 Å². The van der Waals surface area contributed by atoms with Crippen molar-refractivity contribution in [3.63, 3.8) is 0 Å². The van der Waals surface area contributed by atoms with E-state index in [4.69, 9.17) is 0 Å². The minimum Gasteiger partial charge on any atom is -0.356 e. The highest BCUT2D eigenvalue weighted by Crippen LogP contribution is 2.19. The number of anilines is 3. The molecule has 3 rings (SSSR count). The van der Waals surface area contributed by atoms with Crippen LogP contribution in [0.15, 0.2) is 36.7 Å². The molecule has 1 aliphatic rings. The average molecular weight is 297 g/mol. The van der Waals surface area contributed by atoms with Crippen molar-refractivity contribution in [2.24, 2.45) is 0 Å². The Balaban J connectivity index is 1.63. The van der Waals surface area contributed by atoms with E-state index in [0.717, 1.165) is 30.2 Å². The van der Waals surface area contributed by atoms with E-state index in [1.54, 1.807) is 6.07 Å². The second kappa shape index (κ2) is 6.43. The molecule has 1 saturated heterocycles. The molecular formula is C16H19N5O. The van der Waals surface area contributed by atoms with E-state index >= 15 is 0 Å². The Bertz CT molecular complexity index is 650. The lowest BCUT2D eigenvalue weighted by Crippen LogP contribution is -2.22. The van der Waals surface area contributed by atoms with Crippen LogP contribution >= 0.6 is 0 Å². The van der Waals surface area contributed by atoms with Gasteiger partial charge in [0.15, 0.2) is 0 Å². The van der Waals surface area contributed by atoms with E-state index in [9.17, 15) is 4.79 Å². The summed E-state index contributed by atoms with van der Waals surface area (Å²) in [6.45, 7) is 4.02. The van der Waals surface area contributed by atoms with E-state index < -0.39 is 0 Å². The largest absolute Gasteiger partial charge is 0.356 e. The standard InChI is InChI=1S/C16H19N5O/c1-12-4-6-13(7-5-12)19-16(22)20-14-10-15(18-11-17-14)21-8-2-3-9-21/h4-7,10-11H,2-3,8-9H2,1H3,(H2,17,18,19,20,22). The fourth-order valence-electron chi connectivity index (χ4n) is 2.45. The van der Waals surface area contributed by atoms with E-state index in [0.29, 0.717) is 5.82 Å². The fraction of sp³-hybridized carbons (Fsp3) is 0.312. The third-order valence-electron chi connectivity index (χ3n) is 3.63. The van der Waals surface area contributed by atoms with Crippen molar-refractivity contribution < 1.29 is 4.79 Å². The number of hydrogen-bond donors (Lipinski definition) is 2. The molecule has 1 fully saturated rings. The summed E-state index contributed by atoms with van der Waals surface area (Å²) in [5.74, 6) is 1.36. The molecule has 0 atom stereocenters. The molecule has 114 valence electrons. The smallest absolute Gasteiger partial charge is 0.324 e. The highest BCUT2D eigenvalue weighted by atomic mass is 16.2. The topological polar surface area (TPSA) is 70.2 Å². The van der Waals surface area contributed by atoms with Crippen LogP contribution in [0.1, 0.15) is 18.4 Å². The summed E-state index contributed by atoms with van der Waals surface area (Å²) >= 11 is 0. The lowest BCUT2D eigenvalue weighted by molar-refractivity contribution is 0.262. The van der Waals surface area contributed by atoms with Crippen molar-refractivity contribution in [1.82, 2.24) is 9.97 Å². The van der Waals surface area contributed by atoms with Crippen molar-refractivity contribution in [2.75, 3.05) is 28.6 Å². The number of rotatable bonds is 3. The van der Waals surface area contributed by atoms with Gasteiger partial charge in [-0.1, -0.05) is 17.7 Å². The number of nitrogens with one attached hydrogen (secondary N) is 2. The molecule has 0 radical (unpaired) electrons. The molecule has 2 N–H and O–H groups in total. The Labute approximate surface area is 129 Å². The molecular weight excluding hydrogens is 278 g/mol. The van der Waals surface area contributed by atoms with Crippen molar-refractivity contribution in [2.45, 2.75) is 19.8 Å². The highest BCUT2D eigenvalue weighted by molar-refractivity contribution is 5.99. The van der Waals surface area contributed by atoms with Gasteiger partial charge in [0.25, 0.3) is 0 Å². The molecule has 2 heterocycles. The molecule has 2 amide bonds. The fourth-order valence-corrected chi connectivity index (χ4v) is 2.45. The Kier molecular flexibility index (Phi) is 4.18. The monoisotopic (exact) mass is 297 g/mol. The van der Waals surface area contributed by atoms with Crippen LogP contribution in [0.3, 0.4) is 0 Å². The molecule has 1 aromatic heterocycles. The molecule has 6 heteroatoms. The number of nitrogens with zero attached hydrogens (tertiary/aromatic N) is 3. The van der Waals surface area contributed by atoms with Gasteiger partial charge in [-0.25, -0.2) is 14.8 Å². The van der Waals surface area contributed by atoms with Gasteiger partial charge in [-0.2, -0.15) is 0 Å². The number of aryl methyl sites for hydroxylation is 1. The van der Waals surface area contributed by atoms with Crippen LogP contribution < -0.4 is 15.5 Å². The molecule has 2 aromatic rings. The summed E-state index contributed by atoms with van der Waals surface area (Å²) in [7, 11) is 0. The quantitative estimate of drug-likeness (QED) is 0.913. The minimum absolute atomic E-state index is 0.310. The Morgan fingerprint density at radius 3 is 2.55 bits per heavy atom. The molecule has 1 aliphatic heterocycles. The number of amides is 2. The normalized spacial score (nSPS) is 14.0. The molecule has 0 aliphatic carbocycles. The Morgan fingerprint density at radius 1 is 1.09 bits per heavy atom. The van der Waals surface area contributed by atoms with Crippen molar-refractivity contribution in [3.8, 4) is 0 Å². The van der Waals surface area contributed by atoms with Crippen LogP contribution in [0.5, 0.6) is 0 Å². The maximum absolute atomic E-state index is 12.0. The molecule has 6 nitrogen and oxygen atoms in total. The van der Waals surface area contributed by atoms with Crippen molar-refractivity contribution >= 4 is 23.4 Å². The van der Waals surface area contributed by atoms with E-state index in [2.05, 4.69) is 25.5 Å². The summed E-state index contributed by atoms with van der Waals surface area (Å²) in [5.41, 5.74) is 1.90. The number of hydrogen-bond acceptors (Lipinski definition) is 4. The molecule has 0 unspecified atom stereocenters. The number of benzene rings is 1. The number of carbonyl (C=O) groups is 1. The maximum Gasteiger partial charge on any atom is 0.324 e. The van der Waals surface area contributed by atoms with Gasteiger partial charge in [0.05, 0.1) is 0 Å². The summed E-state index contributed by atoms with van der Waals surface area (Å²) in [4.78, 5) is 22.6. The molecule has 1 aromatic carbocycles. The molecule has 0 bridgehead atoms. The third-order valence-corrected chi connectivity index (χ3v) is 3.63. The zero-order chi connectivity index (χ0) is 15.4. The number of urea groups is 1. The first-order valence-electron chi connectivity index (χ1n) is 7.42. The lowest BCUT2D eigenvalue weighted by atomic mass is 10.2. The molecule has 22 heavy (non-hydrogen) atoms. The average Bonchev–Trinajstić information content (AvgIpc) is 3.04. The van der Waals surface area contributed by atoms with Crippen LogP contribution in [0, 0.1) is 6.92 Å². The second-order valence-electron chi connectivity index (χ2n) is 5.40. The maximum atomic E-state index is 12.0. The minimum atomic E-state index is -0.310. The van der Waals surface area contributed by atoms with Crippen LogP contribution in [-0.2, 0) is 0 Å². The zero-order valence-corrected chi connectivity index (χ0v) is 12.5. The van der Waals surface area contributed by atoms with E-state index in [1.807, 2.05) is 31.2 Å². The summed E-state index contributed by atoms with van der Waals surface area (Å²) in [5, 5.41) is 5.52. The van der Waals surface area contributed by atoms with Crippen molar-refractivity contribution in [3.05, 3.63) is 42.2 Å². The van der Waals surface area contributed by atoms with Gasteiger partial charge in [0.2, 0.25) is 0 Å². The summed E-state index contributed by atoms with van der Waals surface area (Å²) < 4.78 is 0. The van der Waals surface area contributed by atoms with Gasteiger partial charge >= 0.3 is 6.03 Å². The van der Waals surface area contributed by atoms with E-state index in [1.165, 1.54) is 19.2 Å². The first kappa shape index (κ1) is 14.3. The highest BCUT2D eigenvalue weighted by Gasteiger charge is 2.14. The van der Waals surface area contributed by atoms with Crippen LogP contribution in [-0.4, -0.2) is 29.1 Å². The summed E-state index contributed by atoms with van der Waals surface area (Å²) in [6, 6.07) is 9.13. The van der Waals surface area contributed by atoms with Gasteiger partial charge in [0, 0.05) is 24.8 Å². The zero-order valence-electron chi connectivity index (χ0n) is 12.5. The van der Waals surface area contributed by atoms with Crippen LogP contribution in [0.2, 0.25) is 0 Å². The van der Waals surface area contributed by atoms with Crippen molar-refractivity contribution in [1.29, 1.82) is 0 Å². The molecule has 0 saturated carbocycles. The Morgan fingerprint density at radius 2 is 1.82 bits per heavy atom. The van der Waals surface area contributed by atoms with Gasteiger partial charge < -0.3 is 10.2 Å². The third kappa shape index (κ3) is 3.52. The lowest BCUT2D eigenvalue weighted by Gasteiger charge is -2.16. The van der Waals surface area contributed by atoms with Crippen LogP contribution in [0.25, 0.3) is 0 Å². The predicted octanol–water partition coefficient (Wildman–Crippen LogP) is 3.03. The SMILES string of the molecule is Cc1ccc(NC(=O)Nc2cc(N3CCCC3)ncn2)cc1. The van der Waals surface area contributed by atoms with Crippen LogP contribution in [0.4, 0.5) is 22.1 Å².